The molecule has 0 aliphatic carbocycles. The highest BCUT2D eigenvalue weighted by atomic mass is 19.2. The number of halogens is 2. The van der Waals surface area contributed by atoms with Crippen molar-refractivity contribution in [3.8, 4) is 11.3 Å². The minimum Gasteiger partial charge on any atom is -0.370 e. The SMILES string of the molecule is Cc1nc2cc(N3CCO[C@@H](c4cnn(C)c4)C3)nc(-c3cccc(F)c3F)c2c(=O)n1C. The highest BCUT2D eigenvalue weighted by Crippen LogP contribution is 2.32. The molecular formula is C23H22F2N6O2. The van der Waals surface area contributed by atoms with E-state index in [0.29, 0.717) is 36.9 Å². The Balaban J connectivity index is 1.68. The summed E-state index contributed by atoms with van der Waals surface area (Å²) in [6, 6.07) is 5.57. The van der Waals surface area contributed by atoms with Gasteiger partial charge in [0.05, 0.1) is 29.4 Å². The van der Waals surface area contributed by atoms with Crippen molar-refractivity contribution in [1.82, 2.24) is 24.3 Å². The summed E-state index contributed by atoms with van der Waals surface area (Å²) in [6.07, 6.45) is 3.42. The van der Waals surface area contributed by atoms with Crippen molar-refractivity contribution in [2.45, 2.75) is 13.0 Å². The molecule has 0 radical (unpaired) electrons. The average Bonchev–Trinajstić information content (AvgIpc) is 3.25. The van der Waals surface area contributed by atoms with Gasteiger partial charge in [0.2, 0.25) is 0 Å². The predicted molar refractivity (Wildman–Crippen MR) is 119 cm³/mol. The number of hydrogen-bond donors (Lipinski definition) is 0. The van der Waals surface area contributed by atoms with Gasteiger partial charge in [-0.3, -0.25) is 14.0 Å². The molecule has 0 spiro atoms. The maximum atomic E-state index is 14.8. The first-order chi connectivity index (χ1) is 15.8. The van der Waals surface area contributed by atoms with Gasteiger partial charge in [0.1, 0.15) is 17.7 Å². The highest BCUT2D eigenvalue weighted by Gasteiger charge is 2.26. The van der Waals surface area contributed by atoms with E-state index in [1.165, 1.54) is 16.7 Å². The number of hydrogen-bond acceptors (Lipinski definition) is 6. The number of aromatic nitrogens is 5. The molecule has 8 nitrogen and oxygen atoms in total. The Kier molecular flexibility index (Phi) is 5.16. The Morgan fingerprint density at radius 1 is 1.18 bits per heavy atom. The number of ether oxygens (including phenoxy) is 1. The van der Waals surface area contributed by atoms with Crippen LogP contribution in [0.1, 0.15) is 17.5 Å². The van der Waals surface area contributed by atoms with Crippen LogP contribution in [-0.2, 0) is 18.8 Å². The average molecular weight is 452 g/mol. The van der Waals surface area contributed by atoms with Crippen LogP contribution in [-0.4, -0.2) is 44.0 Å². The summed E-state index contributed by atoms with van der Waals surface area (Å²) in [6.45, 7) is 3.20. The van der Waals surface area contributed by atoms with Gasteiger partial charge in [0.25, 0.3) is 5.56 Å². The standard InChI is InChI=1S/C23H22F2N6O2/c1-13-27-17-9-19(31-7-8-33-18(12-31)14-10-26-29(2)11-14)28-22(20(17)23(32)30(13)3)15-5-4-6-16(24)21(15)25/h4-6,9-11,18H,7-8,12H2,1-3H3/t18-/m1/s1. The quantitative estimate of drug-likeness (QED) is 0.476. The molecule has 5 rings (SSSR count). The zero-order valence-electron chi connectivity index (χ0n) is 18.4. The minimum atomic E-state index is -1.05. The lowest BCUT2D eigenvalue weighted by atomic mass is 10.1. The third-order valence-corrected chi connectivity index (χ3v) is 5.97. The number of nitrogens with zero attached hydrogens (tertiary/aromatic N) is 6. The third kappa shape index (κ3) is 3.66. The second-order valence-corrected chi connectivity index (χ2v) is 8.10. The fourth-order valence-corrected chi connectivity index (χ4v) is 4.09. The van der Waals surface area contributed by atoms with Gasteiger partial charge >= 0.3 is 0 Å². The molecule has 1 aromatic carbocycles. The molecule has 33 heavy (non-hydrogen) atoms. The van der Waals surface area contributed by atoms with Gasteiger partial charge in [-0.05, 0) is 19.1 Å². The summed E-state index contributed by atoms with van der Waals surface area (Å²) >= 11 is 0. The summed E-state index contributed by atoms with van der Waals surface area (Å²) in [5, 5.41) is 4.35. The van der Waals surface area contributed by atoms with Gasteiger partial charge in [0, 0.05) is 50.6 Å². The fraction of sp³-hybridized carbons (Fsp3) is 0.304. The van der Waals surface area contributed by atoms with Crippen LogP contribution in [0.4, 0.5) is 14.6 Å². The van der Waals surface area contributed by atoms with E-state index < -0.39 is 11.6 Å². The van der Waals surface area contributed by atoms with Gasteiger partial charge in [-0.1, -0.05) is 6.07 Å². The molecule has 0 unspecified atom stereocenters. The zero-order chi connectivity index (χ0) is 23.3. The molecule has 170 valence electrons. The van der Waals surface area contributed by atoms with Crippen LogP contribution in [0.3, 0.4) is 0 Å². The smallest absolute Gasteiger partial charge is 0.263 e. The van der Waals surface area contributed by atoms with Crippen molar-refractivity contribution in [2.24, 2.45) is 14.1 Å². The molecule has 1 atom stereocenters. The van der Waals surface area contributed by atoms with Crippen molar-refractivity contribution in [3.63, 3.8) is 0 Å². The van der Waals surface area contributed by atoms with E-state index in [-0.39, 0.29) is 28.3 Å². The minimum absolute atomic E-state index is 0.0667. The molecule has 1 aliphatic heterocycles. The largest absolute Gasteiger partial charge is 0.370 e. The van der Waals surface area contributed by atoms with Crippen LogP contribution in [0.5, 0.6) is 0 Å². The van der Waals surface area contributed by atoms with Crippen LogP contribution >= 0.6 is 0 Å². The van der Waals surface area contributed by atoms with Crippen molar-refractivity contribution >= 4 is 16.7 Å². The molecule has 1 fully saturated rings. The third-order valence-electron chi connectivity index (χ3n) is 5.97. The number of anilines is 1. The molecule has 0 N–H and O–H groups in total. The second-order valence-electron chi connectivity index (χ2n) is 8.10. The van der Waals surface area contributed by atoms with Crippen molar-refractivity contribution in [2.75, 3.05) is 24.6 Å². The highest BCUT2D eigenvalue weighted by molar-refractivity contribution is 5.93. The molecule has 4 heterocycles. The van der Waals surface area contributed by atoms with E-state index in [1.54, 1.807) is 30.9 Å². The number of pyridine rings is 1. The van der Waals surface area contributed by atoms with Crippen LogP contribution < -0.4 is 10.5 Å². The molecular weight excluding hydrogens is 430 g/mol. The number of fused-ring (bicyclic) bond motifs is 1. The van der Waals surface area contributed by atoms with Gasteiger partial charge in [0.15, 0.2) is 11.6 Å². The molecule has 0 saturated carbocycles. The lowest BCUT2D eigenvalue weighted by Crippen LogP contribution is -2.39. The first-order valence-electron chi connectivity index (χ1n) is 10.5. The van der Waals surface area contributed by atoms with E-state index in [9.17, 15) is 13.6 Å². The van der Waals surface area contributed by atoms with Crippen LogP contribution in [0.2, 0.25) is 0 Å². The number of morpholine rings is 1. The van der Waals surface area contributed by atoms with Crippen molar-refractivity contribution < 1.29 is 13.5 Å². The molecule has 3 aromatic heterocycles. The lowest BCUT2D eigenvalue weighted by molar-refractivity contribution is 0.0395. The maximum absolute atomic E-state index is 14.8. The predicted octanol–water partition coefficient (Wildman–Crippen LogP) is 2.89. The van der Waals surface area contributed by atoms with Gasteiger partial charge in [-0.25, -0.2) is 18.7 Å². The van der Waals surface area contributed by atoms with Crippen LogP contribution in [0.25, 0.3) is 22.2 Å². The van der Waals surface area contributed by atoms with E-state index in [4.69, 9.17) is 4.74 Å². The number of benzene rings is 1. The van der Waals surface area contributed by atoms with E-state index in [0.717, 1.165) is 11.6 Å². The van der Waals surface area contributed by atoms with E-state index in [1.807, 2.05) is 18.1 Å². The van der Waals surface area contributed by atoms with E-state index in [2.05, 4.69) is 15.1 Å². The number of aryl methyl sites for hydroxylation is 2. The van der Waals surface area contributed by atoms with Crippen LogP contribution in [0.15, 0.2) is 41.5 Å². The number of rotatable bonds is 3. The first-order valence-corrected chi connectivity index (χ1v) is 10.5. The Hall–Kier alpha value is -3.66. The molecule has 0 bridgehead atoms. The lowest BCUT2D eigenvalue weighted by Gasteiger charge is -2.33. The first kappa shape index (κ1) is 21.2. The summed E-state index contributed by atoms with van der Waals surface area (Å²) in [7, 11) is 3.42. The normalized spacial score (nSPS) is 16.5. The summed E-state index contributed by atoms with van der Waals surface area (Å²) < 4.78 is 37.9. The monoisotopic (exact) mass is 452 g/mol. The fourth-order valence-electron chi connectivity index (χ4n) is 4.09. The summed E-state index contributed by atoms with van der Waals surface area (Å²) in [5.74, 6) is -1.04. The summed E-state index contributed by atoms with van der Waals surface area (Å²) in [4.78, 5) is 24.3. The Bertz CT molecular complexity index is 1430. The van der Waals surface area contributed by atoms with Crippen molar-refractivity contribution in [3.05, 3.63) is 70.0 Å². The van der Waals surface area contributed by atoms with Gasteiger partial charge in [-0.15, -0.1) is 0 Å². The maximum Gasteiger partial charge on any atom is 0.263 e. The molecule has 1 saturated heterocycles. The topological polar surface area (TPSA) is 78.1 Å². The Morgan fingerprint density at radius 2 is 2.00 bits per heavy atom. The molecule has 1 aliphatic rings. The van der Waals surface area contributed by atoms with E-state index >= 15 is 0 Å². The molecule has 0 amide bonds. The van der Waals surface area contributed by atoms with Crippen molar-refractivity contribution in [1.29, 1.82) is 0 Å². The summed E-state index contributed by atoms with van der Waals surface area (Å²) in [5.41, 5.74) is 0.926. The zero-order valence-corrected chi connectivity index (χ0v) is 18.4. The molecule has 4 aromatic rings. The second kappa shape index (κ2) is 8.04. The van der Waals surface area contributed by atoms with Gasteiger partial charge in [-0.2, -0.15) is 5.10 Å². The Labute approximate surface area is 188 Å². The Morgan fingerprint density at radius 3 is 2.76 bits per heavy atom. The molecule has 10 heteroatoms. The van der Waals surface area contributed by atoms with Gasteiger partial charge < -0.3 is 9.64 Å². The van der Waals surface area contributed by atoms with Crippen LogP contribution in [0, 0.1) is 18.6 Å².